The number of nitrogens with zero attached hydrogens (tertiary/aromatic N) is 4. The summed E-state index contributed by atoms with van der Waals surface area (Å²) in [5.74, 6) is -0.898. The van der Waals surface area contributed by atoms with Gasteiger partial charge in [0.2, 0.25) is 0 Å². The lowest BCUT2D eigenvalue weighted by Crippen LogP contribution is -1.94. The van der Waals surface area contributed by atoms with Crippen LogP contribution in [0, 0.1) is 11.6 Å². The predicted molar refractivity (Wildman–Crippen MR) is 57.8 cm³/mol. The molecule has 0 amide bonds. The fraction of sp³-hybridized carbons (Fsp3) is 0.100. The summed E-state index contributed by atoms with van der Waals surface area (Å²) in [6.45, 7) is 0. The van der Waals surface area contributed by atoms with Crippen LogP contribution in [-0.2, 0) is 5.88 Å². The molecule has 0 spiro atoms. The van der Waals surface area contributed by atoms with E-state index in [4.69, 9.17) is 11.6 Å². The summed E-state index contributed by atoms with van der Waals surface area (Å²) in [6, 6.07) is 1.96. The van der Waals surface area contributed by atoms with E-state index in [1.165, 1.54) is 16.9 Å². The van der Waals surface area contributed by atoms with Gasteiger partial charge in [-0.25, -0.2) is 23.3 Å². The summed E-state index contributed by atoms with van der Waals surface area (Å²) in [5.41, 5.74) is 0.400. The highest BCUT2D eigenvalue weighted by Crippen LogP contribution is 2.21. The summed E-state index contributed by atoms with van der Waals surface area (Å²) in [4.78, 5) is 7.96. The van der Waals surface area contributed by atoms with Crippen molar-refractivity contribution in [1.29, 1.82) is 0 Å². The van der Waals surface area contributed by atoms with Crippen LogP contribution in [0.2, 0.25) is 0 Å². The van der Waals surface area contributed by atoms with Crippen LogP contribution in [0.4, 0.5) is 8.78 Å². The number of aromatic nitrogens is 4. The van der Waals surface area contributed by atoms with E-state index in [0.717, 1.165) is 6.07 Å². The molecule has 2 heterocycles. The molecule has 0 unspecified atom stereocenters. The van der Waals surface area contributed by atoms with Gasteiger partial charge in [-0.3, -0.25) is 0 Å². The maximum Gasteiger partial charge on any atom is 0.167 e. The third kappa shape index (κ3) is 1.52. The third-order valence-electron chi connectivity index (χ3n) is 2.36. The van der Waals surface area contributed by atoms with E-state index in [1.807, 2.05) is 0 Å². The second kappa shape index (κ2) is 3.59. The molecular weight excluding hydrogens is 250 g/mol. The maximum absolute atomic E-state index is 13.5. The van der Waals surface area contributed by atoms with Gasteiger partial charge in [0.25, 0.3) is 0 Å². The smallest absolute Gasteiger partial charge is 0.167 e. The molecule has 2 aromatic heterocycles. The van der Waals surface area contributed by atoms with Crippen molar-refractivity contribution in [2.45, 2.75) is 5.88 Å². The van der Waals surface area contributed by atoms with Gasteiger partial charge >= 0.3 is 0 Å². The summed E-state index contributed by atoms with van der Waals surface area (Å²) >= 11 is 5.61. The molecular formula is C10H5ClF2N4. The summed E-state index contributed by atoms with van der Waals surface area (Å²) in [6.07, 6.45) is 1.32. The molecule has 3 rings (SSSR count). The third-order valence-corrected chi connectivity index (χ3v) is 2.60. The van der Waals surface area contributed by atoms with Gasteiger partial charge in [0.15, 0.2) is 17.3 Å². The number of hydrogen-bond donors (Lipinski definition) is 0. The molecule has 0 fully saturated rings. The first-order valence-corrected chi connectivity index (χ1v) is 5.27. The molecule has 0 aliphatic heterocycles. The van der Waals surface area contributed by atoms with Gasteiger partial charge in [-0.15, -0.1) is 16.7 Å². The highest BCUT2D eigenvalue weighted by molar-refractivity contribution is 6.16. The molecule has 0 N–H and O–H groups in total. The monoisotopic (exact) mass is 254 g/mol. The van der Waals surface area contributed by atoms with E-state index in [9.17, 15) is 8.78 Å². The van der Waals surface area contributed by atoms with E-state index in [0.29, 0.717) is 11.5 Å². The largest absolute Gasteiger partial charge is 0.233 e. The van der Waals surface area contributed by atoms with Gasteiger partial charge in [0, 0.05) is 6.07 Å². The number of halogens is 3. The van der Waals surface area contributed by atoms with Crippen LogP contribution in [0.15, 0.2) is 18.5 Å². The van der Waals surface area contributed by atoms with E-state index >= 15 is 0 Å². The van der Waals surface area contributed by atoms with Gasteiger partial charge in [0.05, 0.1) is 11.3 Å². The molecule has 0 radical (unpaired) electrons. The number of alkyl halides is 1. The molecule has 0 aliphatic carbocycles. The van der Waals surface area contributed by atoms with Crippen LogP contribution in [-0.4, -0.2) is 19.6 Å². The minimum atomic E-state index is -0.724. The van der Waals surface area contributed by atoms with Gasteiger partial charge in [0.1, 0.15) is 17.7 Å². The number of benzene rings is 1. The Morgan fingerprint density at radius 2 is 2.12 bits per heavy atom. The van der Waals surface area contributed by atoms with Crippen molar-refractivity contribution in [2.24, 2.45) is 0 Å². The Morgan fingerprint density at radius 1 is 1.29 bits per heavy atom. The van der Waals surface area contributed by atoms with Crippen molar-refractivity contribution in [1.82, 2.24) is 19.6 Å². The minimum absolute atomic E-state index is 0.0624. The van der Waals surface area contributed by atoms with Gasteiger partial charge in [-0.2, -0.15) is 0 Å². The Morgan fingerprint density at radius 3 is 2.88 bits per heavy atom. The van der Waals surface area contributed by atoms with Crippen molar-refractivity contribution >= 4 is 28.2 Å². The Hall–Kier alpha value is -1.82. The van der Waals surface area contributed by atoms with Gasteiger partial charge < -0.3 is 0 Å². The van der Waals surface area contributed by atoms with Crippen molar-refractivity contribution in [3.63, 3.8) is 0 Å². The van der Waals surface area contributed by atoms with E-state index in [1.54, 1.807) is 0 Å². The lowest BCUT2D eigenvalue weighted by Gasteiger charge is -1.99. The molecule has 7 heteroatoms. The topological polar surface area (TPSA) is 43.1 Å². The Bertz CT molecular complexity index is 725. The molecule has 1 aromatic carbocycles. The van der Waals surface area contributed by atoms with Crippen molar-refractivity contribution < 1.29 is 8.78 Å². The first-order valence-electron chi connectivity index (χ1n) is 4.74. The number of rotatable bonds is 1. The van der Waals surface area contributed by atoms with E-state index in [-0.39, 0.29) is 16.8 Å². The predicted octanol–water partition coefficient (Wildman–Crippen LogP) is 2.29. The summed E-state index contributed by atoms with van der Waals surface area (Å²) < 4.78 is 28.0. The second-order valence-electron chi connectivity index (χ2n) is 3.46. The molecule has 4 nitrogen and oxygen atoms in total. The van der Waals surface area contributed by atoms with Crippen LogP contribution < -0.4 is 0 Å². The Balaban J connectivity index is 2.49. The van der Waals surface area contributed by atoms with E-state index in [2.05, 4.69) is 15.1 Å². The first kappa shape index (κ1) is 10.3. The SMILES string of the molecule is Fc1cc(F)c2ncn3nc(CCl)nc3c2c1. The van der Waals surface area contributed by atoms with Gasteiger partial charge in [-0.1, -0.05) is 0 Å². The molecule has 0 bridgehead atoms. The fourth-order valence-corrected chi connectivity index (χ4v) is 1.78. The summed E-state index contributed by atoms with van der Waals surface area (Å²) in [7, 11) is 0. The normalized spacial score (nSPS) is 11.5. The van der Waals surface area contributed by atoms with Crippen molar-refractivity contribution in [3.05, 3.63) is 35.9 Å². The average molecular weight is 255 g/mol. The van der Waals surface area contributed by atoms with Crippen LogP contribution >= 0.6 is 11.6 Å². The minimum Gasteiger partial charge on any atom is -0.233 e. The molecule has 0 saturated heterocycles. The van der Waals surface area contributed by atoms with Crippen molar-refractivity contribution in [2.75, 3.05) is 0 Å². The number of hydrogen-bond acceptors (Lipinski definition) is 3. The highest BCUT2D eigenvalue weighted by Gasteiger charge is 2.12. The standard InChI is InChI=1S/C10H5ClF2N4/c11-3-8-15-10-6-1-5(12)2-7(13)9(6)14-4-17(10)16-8/h1-2,4H,3H2. The fourth-order valence-electron chi connectivity index (χ4n) is 1.67. The quantitative estimate of drug-likeness (QED) is 0.626. The first-order chi connectivity index (χ1) is 8.19. The highest BCUT2D eigenvalue weighted by atomic mass is 35.5. The Kier molecular flexibility index (Phi) is 2.19. The average Bonchev–Trinajstić information content (AvgIpc) is 2.72. The van der Waals surface area contributed by atoms with E-state index < -0.39 is 11.6 Å². The lowest BCUT2D eigenvalue weighted by atomic mass is 10.2. The zero-order valence-electron chi connectivity index (χ0n) is 8.36. The van der Waals surface area contributed by atoms with Crippen LogP contribution in [0.5, 0.6) is 0 Å². The van der Waals surface area contributed by atoms with Crippen LogP contribution in [0.1, 0.15) is 5.82 Å². The van der Waals surface area contributed by atoms with Gasteiger partial charge in [-0.05, 0) is 6.07 Å². The number of fused-ring (bicyclic) bond motifs is 3. The lowest BCUT2D eigenvalue weighted by molar-refractivity contribution is 0.590. The second-order valence-corrected chi connectivity index (χ2v) is 3.73. The molecule has 3 aromatic rings. The van der Waals surface area contributed by atoms with Crippen molar-refractivity contribution in [3.8, 4) is 0 Å². The molecule has 0 aliphatic rings. The zero-order chi connectivity index (χ0) is 12.0. The zero-order valence-corrected chi connectivity index (χ0v) is 9.12. The molecule has 86 valence electrons. The van der Waals surface area contributed by atoms with Crippen LogP contribution in [0.25, 0.3) is 16.6 Å². The molecule has 0 atom stereocenters. The van der Waals surface area contributed by atoms with Crippen LogP contribution in [0.3, 0.4) is 0 Å². The summed E-state index contributed by atoms with van der Waals surface area (Å²) in [5, 5.41) is 4.28. The molecule has 17 heavy (non-hydrogen) atoms. The molecule has 0 saturated carbocycles. The maximum atomic E-state index is 13.5. The Labute approximate surface area is 98.9 Å².